The normalized spacial score (nSPS) is 12.2. The fraction of sp³-hybridized carbons (Fsp3) is 0.400. The highest BCUT2D eigenvalue weighted by Gasteiger charge is 2.08. The van der Waals surface area contributed by atoms with Gasteiger partial charge in [0.25, 0.3) is 0 Å². The van der Waals surface area contributed by atoms with Crippen molar-refractivity contribution < 1.29 is 0 Å². The molecule has 1 heterocycles. The third-order valence-corrected chi connectivity index (χ3v) is 1.96. The lowest BCUT2D eigenvalue weighted by Gasteiger charge is -2.11. The van der Waals surface area contributed by atoms with Crippen molar-refractivity contribution in [3.8, 4) is 0 Å². The van der Waals surface area contributed by atoms with Crippen LogP contribution >= 0.6 is 11.9 Å². The third-order valence-electron chi connectivity index (χ3n) is 1.20. The van der Waals surface area contributed by atoms with Crippen LogP contribution in [0.2, 0.25) is 0 Å². The molecule has 2 nitrogen and oxygen atoms in total. The van der Waals surface area contributed by atoms with Crippen LogP contribution in [0.3, 0.4) is 0 Å². The van der Waals surface area contributed by atoms with Crippen molar-refractivity contribution in [2.45, 2.75) is 25.5 Å². The Bertz CT molecular complexity index is 275. The van der Waals surface area contributed by atoms with E-state index < -0.39 is 0 Å². The molecule has 1 aromatic heterocycles. The second-order valence-electron chi connectivity index (χ2n) is 3.69. The standard InChI is InChI=1S/C10H14N2S/c1-10(2,3)13-12-8-9-6-4-5-7-11-9/h4-8H,1-3H3/b12-8+. The summed E-state index contributed by atoms with van der Waals surface area (Å²) in [5.74, 6) is 0. The zero-order valence-corrected chi connectivity index (χ0v) is 9.01. The summed E-state index contributed by atoms with van der Waals surface area (Å²) in [5.41, 5.74) is 0.902. The predicted molar refractivity (Wildman–Crippen MR) is 59.2 cm³/mol. The zero-order chi connectivity index (χ0) is 9.73. The first-order valence-electron chi connectivity index (χ1n) is 4.20. The molecule has 13 heavy (non-hydrogen) atoms. The molecule has 0 atom stereocenters. The molecule has 0 saturated heterocycles. The Morgan fingerprint density at radius 2 is 2.15 bits per heavy atom. The van der Waals surface area contributed by atoms with E-state index in [1.807, 2.05) is 18.2 Å². The summed E-state index contributed by atoms with van der Waals surface area (Å²) in [4.78, 5) is 4.14. The smallest absolute Gasteiger partial charge is 0.0819 e. The first kappa shape index (κ1) is 10.3. The first-order chi connectivity index (χ1) is 6.08. The Morgan fingerprint density at radius 1 is 1.38 bits per heavy atom. The van der Waals surface area contributed by atoms with Gasteiger partial charge in [0, 0.05) is 10.9 Å². The molecule has 0 saturated carbocycles. The molecule has 0 N–H and O–H groups in total. The molecule has 3 heteroatoms. The Labute approximate surface area is 83.6 Å². The molecular weight excluding hydrogens is 180 g/mol. The van der Waals surface area contributed by atoms with Crippen molar-refractivity contribution in [2.24, 2.45) is 4.40 Å². The molecule has 0 bridgehead atoms. The van der Waals surface area contributed by atoms with Crippen LogP contribution in [0.25, 0.3) is 0 Å². The summed E-state index contributed by atoms with van der Waals surface area (Å²) in [7, 11) is 0. The summed E-state index contributed by atoms with van der Waals surface area (Å²) in [6.07, 6.45) is 3.55. The summed E-state index contributed by atoms with van der Waals surface area (Å²) in [5, 5.41) is 0. The van der Waals surface area contributed by atoms with Gasteiger partial charge in [-0.1, -0.05) is 6.07 Å². The van der Waals surface area contributed by atoms with Gasteiger partial charge in [-0.05, 0) is 44.9 Å². The van der Waals surface area contributed by atoms with Gasteiger partial charge in [0.15, 0.2) is 0 Å². The van der Waals surface area contributed by atoms with Gasteiger partial charge in [-0.15, -0.1) is 0 Å². The molecule has 1 rings (SSSR count). The van der Waals surface area contributed by atoms with Crippen molar-refractivity contribution in [1.82, 2.24) is 4.98 Å². The van der Waals surface area contributed by atoms with Gasteiger partial charge in [-0.3, -0.25) is 4.98 Å². The quantitative estimate of drug-likeness (QED) is 0.534. The maximum absolute atomic E-state index is 4.24. The van der Waals surface area contributed by atoms with Crippen LogP contribution in [-0.2, 0) is 0 Å². The van der Waals surface area contributed by atoms with Gasteiger partial charge >= 0.3 is 0 Å². The zero-order valence-electron chi connectivity index (χ0n) is 8.19. The van der Waals surface area contributed by atoms with Gasteiger partial charge in [-0.25, -0.2) is 4.40 Å². The Kier molecular flexibility index (Phi) is 3.48. The van der Waals surface area contributed by atoms with E-state index in [0.29, 0.717) is 0 Å². The van der Waals surface area contributed by atoms with E-state index in [1.54, 1.807) is 24.4 Å². The van der Waals surface area contributed by atoms with E-state index in [0.717, 1.165) is 5.69 Å². The topological polar surface area (TPSA) is 25.2 Å². The van der Waals surface area contributed by atoms with Crippen molar-refractivity contribution in [3.05, 3.63) is 30.1 Å². The number of rotatable bonds is 2. The molecule has 70 valence electrons. The van der Waals surface area contributed by atoms with Gasteiger partial charge in [-0.2, -0.15) is 0 Å². The van der Waals surface area contributed by atoms with Crippen LogP contribution < -0.4 is 0 Å². The van der Waals surface area contributed by atoms with Gasteiger partial charge in [0.2, 0.25) is 0 Å². The number of nitrogens with zero attached hydrogens (tertiary/aromatic N) is 2. The number of pyridine rings is 1. The van der Waals surface area contributed by atoms with Crippen molar-refractivity contribution in [3.63, 3.8) is 0 Å². The molecule has 0 aliphatic rings. The lowest BCUT2D eigenvalue weighted by molar-refractivity contribution is 0.804. The van der Waals surface area contributed by atoms with E-state index in [1.165, 1.54) is 0 Å². The van der Waals surface area contributed by atoms with Crippen LogP contribution in [0, 0.1) is 0 Å². The molecule has 0 spiro atoms. The van der Waals surface area contributed by atoms with Crippen LogP contribution in [-0.4, -0.2) is 15.9 Å². The second-order valence-corrected chi connectivity index (χ2v) is 5.31. The third kappa shape index (κ3) is 4.68. The van der Waals surface area contributed by atoms with E-state index in [9.17, 15) is 0 Å². The van der Waals surface area contributed by atoms with Crippen molar-refractivity contribution in [2.75, 3.05) is 0 Å². The van der Waals surface area contributed by atoms with Crippen LogP contribution in [0.4, 0.5) is 0 Å². The van der Waals surface area contributed by atoms with Gasteiger partial charge in [0.05, 0.1) is 11.9 Å². The van der Waals surface area contributed by atoms with Crippen LogP contribution in [0.1, 0.15) is 26.5 Å². The highest BCUT2D eigenvalue weighted by atomic mass is 32.2. The maximum atomic E-state index is 4.24. The fourth-order valence-electron chi connectivity index (χ4n) is 0.691. The minimum Gasteiger partial charge on any atom is -0.255 e. The van der Waals surface area contributed by atoms with Crippen molar-refractivity contribution in [1.29, 1.82) is 0 Å². The minimum atomic E-state index is 0.172. The maximum Gasteiger partial charge on any atom is 0.0819 e. The summed E-state index contributed by atoms with van der Waals surface area (Å²) < 4.78 is 4.41. The minimum absolute atomic E-state index is 0.172. The highest BCUT2D eigenvalue weighted by Crippen LogP contribution is 2.23. The molecule has 0 aliphatic carbocycles. The molecule has 1 aromatic rings. The Balaban J connectivity index is 2.51. The van der Waals surface area contributed by atoms with E-state index >= 15 is 0 Å². The molecule has 0 radical (unpaired) electrons. The highest BCUT2D eigenvalue weighted by molar-refractivity contribution is 7.99. The molecule has 0 aliphatic heterocycles. The molecule has 0 aromatic carbocycles. The Hall–Kier alpha value is -0.830. The second kappa shape index (κ2) is 4.42. The largest absolute Gasteiger partial charge is 0.255 e. The average molecular weight is 194 g/mol. The van der Waals surface area contributed by atoms with E-state index in [-0.39, 0.29) is 4.75 Å². The predicted octanol–water partition coefficient (Wildman–Crippen LogP) is 2.95. The fourth-order valence-corrected chi connectivity index (χ4v) is 1.17. The van der Waals surface area contributed by atoms with E-state index in [4.69, 9.17) is 0 Å². The average Bonchev–Trinajstić information content (AvgIpc) is 2.04. The molecule has 0 unspecified atom stereocenters. The molecule has 0 fully saturated rings. The van der Waals surface area contributed by atoms with Crippen LogP contribution in [0.5, 0.6) is 0 Å². The first-order valence-corrected chi connectivity index (χ1v) is 4.98. The van der Waals surface area contributed by atoms with Crippen LogP contribution in [0.15, 0.2) is 28.8 Å². The molecule has 0 amide bonds. The lowest BCUT2D eigenvalue weighted by atomic mass is 10.3. The van der Waals surface area contributed by atoms with E-state index in [2.05, 4.69) is 30.2 Å². The molecular formula is C10H14N2S. The van der Waals surface area contributed by atoms with Gasteiger partial charge in [0.1, 0.15) is 0 Å². The summed E-state index contributed by atoms with van der Waals surface area (Å²) in [6.45, 7) is 6.40. The summed E-state index contributed by atoms with van der Waals surface area (Å²) >= 11 is 1.56. The monoisotopic (exact) mass is 194 g/mol. The van der Waals surface area contributed by atoms with Crippen molar-refractivity contribution >= 4 is 18.2 Å². The number of hydrogen-bond donors (Lipinski definition) is 0. The lowest BCUT2D eigenvalue weighted by Crippen LogP contribution is -2.05. The number of hydrogen-bond acceptors (Lipinski definition) is 3. The number of aromatic nitrogens is 1. The summed E-state index contributed by atoms with van der Waals surface area (Å²) in [6, 6.07) is 5.79. The SMILES string of the molecule is CC(C)(C)S/N=C/c1ccccn1. The van der Waals surface area contributed by atoms with Gasteiger partial charge < -0.3 is 0 Å². The Morgan fingerprint density at radius 3 is 2.69 bits per heavy atom.